The van der Waals surface area contributed by atoms with Crippen molar-refractivity contribution < 1.29 is 4.79 Å². The molecule has 2 N–H and O–H groups in total. The number of aryl methyl sites for hydroxylation is 3. The van der Waals surface area contributed by atoms with Crippen molar-refractivity contribution >= 4 is 50.6 Å². The van der Waals surface area contributed by atoms with Crippen LogP contribution in [-0.4, -0.2) is 35.7 Å². The van der Waals surface area contributed by atoms with Crippen molar-refractivity contribution in [1.82, 2.24) is 9.97 Å². The molecule has 2 aromatic heterocycles. The number of hydrogen-bond acceptors (Lipinski definition) is 6. The molecule has 152 valence electrons. The molecule has 1 aliphatic carbocycles. The number of amides is 1. The van der Waals surface area contributed by atoms with Crippen LogP contribution in [0.5, 0.6) is 0 Å². The molecule has 8 heteroatoms. The molecule has 1 amide bonds. The van der Waals surface area contributed by atoms with Crippen LogP contribution < -0.4 is 15.8 Å². The Kier molecular flexibility index (Phi) is 5.65. The van der Waals surface area contributed by atoms with Crippen LogP contribution in [0.15, 0.2) is 23.0 Å². The minimum atomic E-state index is -0.0609. The number of carbonyl (C=O) groups is 1. The van der Waals surface area contributed by atoms with E-state index in [0.717, 1.165) is 46.4 Å². The minimum Gasteiger partial charge on any atom is -0.378 e. The Morgan fingerprint density at radius 2 is 2.17 bits per heavy atom. The molecule has 0 fully saturated rings. The first-order valence-electron chi connectivity index (χ1n) is 9.61. The summed E-state index contributed by atoms with van der Waals surface area (Å²) >= 11 is 3.09. The number of rotatable bonds is 6. The van der Waals surface area contributed by atoms with Crippen LogP contribution in [0.25, 0.3) is 10.2 Å². The third-order valence-corrected chi connectivity index (χ3v) is 7.23. The smallest absolute Gasteiger partial charge is 0.259 e. The zero-order chi connectivity index (χ0) is 20.5. The van der Waals surface area contributed by atoms with Crippen molar-refractivity contribution in [2.24, 2.45) is 0 Å². The van der Waals surface area contributed by atoms with Gasteiger partial charge in [0.25, 0.3) is 5.56 Å². The van der Waals surface area contributed by atoms with E-state index < -0.39 is 0 Å². The number of anilines is 2. The van der Waals surface area contributed by atoms with Gasteiger partial charge in [0.2, 0.25) is 5.91 Å². The average Bonchev–Trinajstić information content (AvgIpc) is 3.24. The first-order valence-corrected chi connectivity index (χ1v) is 11.6. The topological polar surface area (TPSA) is 78.1 Å². The standard InChI is InChI=1S/C21H24N4O2S2/c1-12-9-13(25(2)3)7-8-15(12)22-18(26)11-28-10-17-23-20(27)19-14-5-4-6-16(14)29-21(19)24-17/h7-9H,4-6,10-11H2,1-3H3,(H,22,26)(H,23,24,27). The number of aromatic amines is 1. The average molecular weight is 429 g/mol. The lowest BCUT2D eigenvalue weighted by molar-refractivity contribution is -0.113. The Morgan fingerprint density at radius 3 is 2.93 bits per heavy atom. The van der Waals surface area contributed by atoms with Crippen LogP contribution in [0.4, 0.5) is 11.4 Å². The summed E-state index contributed by atoms with van der Waals surface area (Å²) in [5.74, 6) is 1.37. The van der Waals surface area contributed by atoms with E-state index in [4.69, 9.17) is 0 Å². The summed E-state index contributed by atoms with van der Waals surface area (Å²) in [5, 5.41) is 3.73. The molecular weight excluding hydrogens is 404 g/mol. The van der Waals surface area contributed by atoms with Crippen molar-refractivity contribution in [2.45, 2.75) is 31.9 Å². The molecule has 6 nitrogen and oxygen atoms in total. The van der Waals surface area contributed by atoms with Gasteiger partial charge in [-0.2, -0.15) is 0 Å². The summed E-state index contributed by atoms with van der Waals surface area (Å²) in [6, 6.07) is 5.96. The number of nitrogens with zero attached hydrogens (tertiary/aromatic N) is 2. The lowest BCUT2D eigenvalue weighted by atomic mass is 10.1. The molecule has 0 aliphatic heterocycles. The number of fused-ring (bicyclic) bond motifs is 3. The first kappa shape index (κ1) is 20.0. The molecule has 3 aromatic rings. The van der Waals surface area contributed by atoms with Crippen LogP contribution in [0.3, 0.4) is 0 Å². The summed E-state index contributed by atoms with van der Waals surface area (Å²) in [6.45, 7) is 1.98. The molecular formula is C21H24N4O2S2. The lowest BCUT2D eigenvalue weighted by Crippen LogP contribution is -2.16. The van der Waals surface area contributed by atoms with Crippen LogP contribution >= 0.6 is 23.1 Å². The van der Waals surface area contributed by atoms with Crippen molar-refractivity contribution in [1.29, 1.82) is 0 Å². The Morgan fingerprint density at radius 1 is 1.34 bits per heavy atom. The van der Waals surface area contributed by atoms with E-state index in [1.54, 1.807) is 11.3 Å². The van der Waals surface area contributed by atoms with Gasteiger partial charge in [-0.05, 0) is 55.5 Å². The number of benzene rings is 1. The molecule has 29 heavy (non-hydrogen) atoms. The van der Waals surface area contributed by atoms with Gasteiger partial charge in [0.15, 0.2) is 0 Å². The van der Waals surface area contributed by atoms with Crippen molar-refractivity contribution in [2.75, 3.05) is 30.1 Å². The van der Waals surface area contributed by atoms with Crippen LogP contribution in [0, 0.1) is 6.92 Å². The Hall–Kier alpha value is -2.32. The van der Waals surface area contributed by atoms with Gasteiger partial charge in [0.1, 0.15) is 10.7 Å². The van der Waals surface area contributed by atoms with E-state index in [-0.39, 0.29) is 11.5 Å². The van der Waals surface area contributed by atoms with Crippen LogP contribution in [-0.2, 0) is 23.4 Å². The second-order valence-corrected chi connectivity index (χ2v) is 9.55. The van der Waals surface area contributed by atoms with E-state index in [1.165, 1.54) is 22.2 Å². The second-order valence-electron chi connectivity index (χ2n) is 7.48. The van der Waals surface area contributed by atoms with Gasteiger partial charge in [-0.1, -0.05) is 0 Å². The lowest BCUT2D eigenvalue weighted by Gasteiger charge is -2.15. The number of carbonyl (C=O) groups excluding carboxylic acids is 1. The zero-order valence-electron chi connectivity index (χ0n) is 16.8. The molecule has 0 saturated heterocycles. The quantitative estimate of drug-likeness (QED) is 0.626. The molecule has 2 heterocycles. The highest BCUT2D eigenvalue weighted by molar-refractivity contribution is 7.99. The summed E-state index contributed by atoms with van der Waals surface area (Å²) in [6.07, 6.45) is 3.15. The third-order valence-electron chi connectivity index (χ3n) is 5.10. The van der Waals surface area contributed by atoms with Gasteiger partial charge in [-0.3, -0.25) is 9.59 Å². The number of thiophene rings is 1. The van der Waals surface area contributed by atoms with Crippen LogP contribution in [0.2, 0.25) is 0 Å². The zero-order valence-corrected chi connectivity index (χ0v) is 18.4. The highest BCUT2D eigenvalue weighted by Gasteiger charge is 2.21. The predicted octanol–water partition coefficient (Wildman–Crippen LogP) is 3.72. The highest BCUT2D eigenvalue weighted by atomic mass is 32.2. The van der Waals surface area contributed by atoms with E-state index >= 15 is 0 Å². The number of thioether (sulfide) groups is 1. The SMILES string of the molecule is Cc1cc(N(C)C)ccc1NC(=O)CSCc1nc2sc3c(c2c(=O)[nH]1)CCC3. The minimum absolute atomic E-state index is 0.0499. The number of nitrogens with one attached hydrogen (secondary N) is 2. The maximum absolute atomic E-state index is 12.5. The molecule has 4 rings (SSSR count). The van der Waals surface area contributed by atoms with Gasteiger partial charge in [-0.25, -0.2) is 4.98 Å². The fraction of sp³-hybridized carbons (Fsp3) is 0.381. The van der Waals surface area contributed by atoms with Gasteiger partial charge >= 0.3 is 0 Å². The largest absolute Gasteiger partial charge is 0.378 e. The van der Waals surface area contributed by atoms with E-state index in [1.807, 2.05) is 44.1 Å². The molecule has 0 spiro atoms. The third kappa shape index (κ3) is 4.18. The fourth-order valence-electron chi connectivity index (χ4n) is 3.61. The summed E-state index contributed by atoms with van der Waals surface area (Å²) < 4.78 is 0. The summed E-state index contributed by atoms with van der Waals surface area (Å²) in [4.78, 5) is 36.5. The molecule has 0 atom stereocenters. The van der Waals surface area contributed by atoms with E-state index in [9.17, 15) is 9.59 Å². The first-order chi connectivity index (χ1) is 13.9. The van der Waals surface area contributed by atoms with E-state index in [2.05, 4.69) is 15.3 Å². The molecule has 0 saturated carbocycles. The van der Waals surface area contributed by atoms with Gasteiger partial charge in [0.05, 0.1) is 16.9 Å². The number of hydrogen-bond donors (Lipinski definition) is 2. The predicted molar refractivity (Wildman–Crippen MR) is 123 cm³/mol. The van der Waals surface area contributed by atoms with Crippen LogP contribution in [0.1, 0.15) is 28.2 Å². The molecule has 0 unspecified atom stereocenters. The Bertz CT molecular complexity index is 1130. The van der Waals surface area contributed by atoms with Crippen molar-refractivity contribution in [3.8, 4) is 0 Å². The Labute approximate surface area is 177 Å². The fourth-order valence-corrected chi connectivity index (χ4v) is 5.58. The summed E-state index contributed by atoms with van der Waals surface area (Å²) in [5.41, 5.74) is 4.08. The second kappa shape index (κ2) is 8.20. The maximum Gasteiger partial charge on any atom is 0.259 e. The monoisotopic (exact) mass is 428 g/mol. The summed E-state index contributed by atoms with van der Waals surface area (Å²) in [7, 11) is 3.98. The number of H-pyrrole nitrogens is 1. The molecule has 0 radical (unpaired) electrons. The Balaban J connectivity index is 1.36. The number of aromatic nitrogens is 2. The van der Waals surface area contributed by atoms with E-state index in [0.29, 0.717) is 17.3 Å². The van der Waals surface area contributed by atoms with Gasteiger partial charge in [-0.15, -0.1) is 23.1 Å². The molecule has 1 aromatic carbocycles. The van der Waals surface area contributed by atoms with Gasteiger partial charge < -0.3 is 15.2 Å². The highest BCUT2D eigenvalue weighted by Crippen LogP contribution is 2.34. The molecule has 1 aliphatic rings. The van der Waals surface area contributed by atoms with Gasteiger partial charge in [0, 0.05) is 30.3 Å². The van der Waals surface area contributed by atoms with Crippen molar-refractivity contribution in [3.63, 3.8) is 0 Å². The molecule has 0 bridgehead atoms. The normalized spacial score (nSPS) is 12.9. The van der Waals surface area contributed by atoms with Crippen molar-refractivity contribution in [3.05, 3.63) is 50.4 Å². The maximum atomic E-state index is 12.5.